The van der Waals surface area contributed by atoms with Crippen LogP contribution in [0.3, 0.4) is 0 Å². The third kappa shape index (κ3) is 2.76. The number of ether oxygens (including phenoxy) is 1. The molecule has 0 aliphatic carbocycles. The van der Waals surface area contributed by atoms with Crippen molar-refractivity contribution >= 4 is 0 Å². The molecule has 0 aromatic carbocycles. The predicted molar refractivity (Wildman–Crippen MR) is 51.3 cm³/mol. The second-order valence-corrected chi connectivity index (χ2v) is 3.72. The molecule has 1 aliphatic heterocycles. The fraction of sp³-hybridized carbons (Fsp3) is 1.00. The lowest BCUT2D eigenvalue weighted by molar-refractivity contribution is 0.163. The third-order valence-electron chi connectivity index (χ3n) is 2.93. The molecule has 1 aliphatic rings. The van der Waals surface area contributed by atoms with Crippen LogP contribution in [0.5, 0.6) is 0 Å². The topological polar surface area (TPSA) is 21.3 Å². The van der Waals surface area contributed by atoms with Gasteiger partial charge in [-0.2, -0.15) is 0 Å². The number of nitrogens with one attached hydrogen (secondary N) is 1. The quantitative estimate of drug-likeness (QED) is 0.614. The average molecular weight is 171 g/mol. The zero-order chi connectivity index (χ0) is 8.81. The SMILES string of the molecule is CCC(CCCOC)C1CNC1. The second-order valence-electron chi connectivity index (χ2n) is 3.72. The predicted octanol–water partition coefficient (Wildman–Crippen LogP) is 1.66. The monoisotopic (exact) mass is 171 g/mol. The molecule has 1 atom stereocenters. The van der Waals surface area contributed by atoms with Crippen molar-refractivity contribution in [3.63, 3.8) is 0 Å². The van der Waals surface area contributed by atoms with Gasteiger partial charge >= 0.3 is 0 Å². The Balaban J connectivity index is 2.07. The lowest BCUT2D eigenvalue weighted by atomic mass is 9.82. The van der Waals surface area contributed by atoms with E-state index < -0.39 is 0 Å². The highest BCUT2D eigenvalue weighted by Crippen LogP contribution is 2.24. The minimum atomic E-state index is 0.927. The summed E-state index contributed by atoms with van der Waals surface area (Å²) in [4.78, 5) is 0. The molecule has 1 N–H and O–H groups in total. The van der Waals surface area contributed by atoms with Gasteiger partial charge in [0.25, 0.3) is 0 Å². The molecule has 0 aromatic heterocycles. The molecule has 2 heteroatoms. The van der Waals surface area contributed by atoms with E-state index in [1.165, 1.54) is 32.4 Å². The van der Waals surface area contributed by atoms with Crippen LogP contribution in [0.2, 0.25) is 0 Å². The van der Waals surface area contributed by atoms with Gasteiger partial charge in [0.05, 0.1) is 0 Å². The van der Waals surface area contributed by atoms with Crippen LogP contribution in [-0.4, -0.2) is 26.8 Å². The Hall–Kier alpha value is -0.0800. The Morgan fingerprint density at radius 1 is 1.50 bits per heavy atom. The third-order valence-corrected chi connectivity index (χ3v) is 2.93. The average Bonchev–Trinajstić information content (AvgIpc) is 1.99. The Kier molecular flexibility index (Phi) is 4.62. The molecule has 1 saturated heterocycles. The van der Waals surface area contributed by atoms with E-state index in [1.54, 1.807) is 7.11 Å². The summed E-state index contributed by atoms with van der Waals surface area (Å²) in [5.41, 5.74) is 0. The van der Waals surface area contributed by atoms with Crippen LogP contribution in [0.1, 0.15) is 26.2 Å². The zero-order valence-electron chi connectivity index (χ0n) is 8.31. The highest BCUT2D eigenvalue weighted by molar-refractivity contribution is 4.80. The normalized spacial score (nSPS) is 20.5. The fourth-order valence-electron chi connectivity index (χ4n) is 1.91. The lowest BCUT2D eigenvalue weighted by Gasteiger charge is -2.34. The summed E-state index contributed by atoms with van der Waals surface area (Å²) in [5, 5.41) is 3.34. The molecule has 1 fully saturated rings. The van der Waals surface area contributed by atoms with Crippen molar-refractivity contribution in [1.29, 1.82) is 0 Å². The molecule has 2 nitrogen and oxygen atoms in total. The first kappa shape index (κ1) is 10.0. The molecule has 1 rings (SSSR count). The molecular weight excluding hydrogens is 150 g/mol. The van der Waals surface area contributed by atoms with Gasteiger partial charge in [-0.15, -0.1) is 0 Å². The maximum absolute atomic E-state index is 5.05. The molecule has 12 heavy (non-hydrogen) atoms. The molecular formula is C10H21NO. The zero-order valence-corrected chi connectivity index (χ0v) is 8.31. The van der Waals surface area contributed by atoms with Gasteiger partial charge in [-0.3, -0.25) is 0 Å². The first-order valence-electron chi connectivity index (χ1n) is 5.08. The summed E-state index contributed by atoms with van der Waals surface area (Å²) in [6.07, 6.45) is 3.90. The fourth-order valence-corrected chi connectivity index (χ4v) is 1.91. The number of methoxy groups -OCH3 is 1. The van der Waals surface area contributed by atoms with E-state index in [0.717, 1.165) is 18.4 Å². The van der Waals surface area contributed by atoms with Gasteiger partial charge in [-0.05, 0) is 37.8 Å². The van der Waals surface area contributed by atoms with Crippen LogP contribution in [0.4, 0.5) is 0 Å². The van der Waals surface area contributed by atoms with E-state index in [4.69, 9.17) is 4.74 Å². The summed E-state index contributed by atoms with van der Waals surface area (Å²) < 4.78 is 5.05. The van der Waals surface area contributed by atoms with Gasteiger partial charge in [0.1, 0.15) is 0 Å². The second kappa shape index (κ2) is 5.55. The van der Waals surface area contributed by atoms with E-state index in [0.29, 0.717) is 0 Å². The van der Waals surface area contributed by atoms with Gasteiger partial charge in [0, 0.05) is 13.7 Å². The smallest absolute Gasteiger partial charge is 0.0462 e. The lowest BCUT2D eigenvalue weighted by Crippen LogP contribution is -2.46. The van der Waals surface area contributed by atoms with E-state index in [1.807, 2.05) is 0 Å². The summed E-state index contributed by atoms with van der Waals surface area (Å²) in [6.45, 7) is 5.71. The van der Waals surface area contributed by atoms with Crippen LogP contribution in [0, 0.1) is 11.8 Å². The van der Waals surface area contributed by atoms with Gasteiger partial charge in [0.2, 0.25) is 0 Å². The van der Waals surface area contributed by atoms with E-state index in [9.17, 15) is 0 Å². The summed E-state index contributed by atoms with van der Waals surface area (Å²) >= 11 is 0. The molecule has 0 spiro atoms. The molecule has 0 aromatic rings. The van der Waals surface area contributed by atoms with E-state index in [2.05, 4.69) is 12.2 Å². The van der Waals surface area contributed by atoms with Gasteiger partial charge in [-0.1, -0.05) is 13.3 Å². The van der Waals surface area contributed by atoms with Crippen molar-refractivity contribution in [2.75, 3.05) is 26.8 Å². The van der Waals surface area contributed by atoms with Crippen LogP contribution in [0.15, 0.2) is 0 Å². The van der Waals surface area contributed by atoms with Gasteiger partial charge in [0.15, 0.2) is 0 Å². The molecule has 72 valence electrons. The standard InChI is InChI=1S/C10H21NO/c1-3-9(5-4-6-12-2)10-7-11-8-10/h9-11H,3-8H2,1-2H3. The molecule has 0 amide bonds. The van der Waals surface area contributed by atoms with Crippen molar-refractivity contribution in [2.45, 2.75) is 26.2 Å². The van der Waals surface area contributed by atoms with E-state index in [-0.39, 0.29) is 0 Å². The maximum Gasteiger partial charge on any atom is 0.0462 e. The van der Waals surface area contributed by atoms with Gasteiger partial charge in [-0.25, -0.2) is 0 Å². The Labute approximate surface area is 75.7 Å². The molecule has 0 saturated carbocycles. The van der Waals surface area contributed by atoms with Crippen molar-refractivity contribution in [3.8, 4) is 0 Å². The van der Waals surface area contributed by atoms with Crippen LogP contribution in [-0.2, 0) is 4.74 Å². The molecule has 1 heterocycles. The Morgan fingerprint density at radius 2 is 2.25 bits per heavy atom. The molecule has 1 unspecified atom stereocenters. The van der Waals surface area contributed by atoms with Crippen molar-refractivity contribution < 1.29 is 4.74 Å². The highest BCUT2D eigenvalue weighted by atomic mass is 16.5. The Morgan fingerprint density at radius 3 is 2.67 bits per heavy atom. The summed E-state index contributed by atoms with van der Waals surface area (Å²) in [6, 6.07) is 0. The van der Waals surface area contributed by atoms with Crippen molar-refractivity contribution in [3.05, 3.63) is 0 Å². The van der Waals surface area contributed by atoms with E-state index >= 15 is 0 Å². The summed E-state index contributed by atoms with van der Waals surface area (Å²) in [7, 11) is 1.78. The molecule has 0 bridgehead atoms. The van der Waals surface area contributed by atoms with Gasteiger partial charge < -0.3 is 10.1 Å². The first-order valence-corrected chi connectivity index (χ1v) is 5.08. The first-order chi connectivity index (χ1) is 5.88. The number of hydrogen-bond acceptors (Lipinski definition) is 2. The molecule has 0 radical (unpaired) electrons. The van der Waals surface area contributed by atoms with Crippen LogP contribution >= 0.6 is 0 Å². The van der Waals surface area contributed by atoms with Crippen molar-refractivity contribution in [1.82, 2.24) is 5.32 Å². The van der Waals surface area contributed by atoms with Crippen LogP contribution in [0.25, 0.3) is 0 Å². The van der Waals surface area contributed by atoms with Crippen molar-refractivity contribution in [2.24, 2.45) is 11.8 Å². The Bertz CT molecular complexity index is 112. The number of rotatable bonds is 6. The largest absolute Gasteiger partial charge is 0.385 e. The summed E-state index contributed by atoms with van der Waals surface area (Å²) in [5.74, 6) is 1.88. The highest BCUT2D eigenvalue weighted by Gasteiger charge is 2.24. The number of hydrogen-bond donors (Lipinski definition) is 1. The maximum atomic E-state index is 5.05. The minimum absolute atomic E-state index is 0.927. The van der Waals surface area contributed by atoms with Crippen LogP contribution < -0.4 is 5.32 Å². The minimum Gasteiger partial charge on any atom is -0.385 e.